The Morgan fingerprint density at radius 3 is 3.07 bits per heavy atom. The van der Waals surface area contributed by atoms with Crippen LogP contribution in [0.25, 0.3) is 5.57 Å². The van der Waals surface area contributed by atoms with Gasteiger partial charge in [0.1, 0.15) is 12.0 Å². The highest BCUT2D eigenvalue weighted by Crippen LogP contribution is 2.34. The van der Waals surface area contributed by atoms with Gasteiger partial charge < -0.3 is 10.1 Å². The third-order valence-electron chi connectivity index (χ3n) is 2.37. The first-order valence-electron chi connectivity index (χ1n) is 4.55. The van der Waals surface area contributed by atoms with Gasteiger partial charge >= 0.3 is 0 Å². The molecule has 0 saturated heterocycles. The summed E-state index contributed by atoms with van der Waals surface area (Å²) in [6.45, 7) is 0. The van der Waals surface area contributed by atoms with Gasteiger partial charge in [0.05, 0.1) is 5.70 Å². The molecular formula is C12H9NO. The van der Waals surface area contributed by atoms with Crippen LogP contribution in [0.1, 0.15) is 5.56 Å². The number of rotatable bonds is 0. The van der Waals surface area contributed by atoms with E-state index in [-0.39, 0.29) is 0 Å². The van der Waals surface area contributed by atoms with Crippen LogP contribution in [0.5, 0.6) is 5.75 Å². The summed E-state index contributed by atoms with van der Waals surface area (Å²) in [5.74, 6) is 0.916. The third kappa shape index (κ3) is 0.973. The minimum absolute atomic E-state index is 0.916. The highest BCUT2D eigenvalue weighted by molar-refractivity contribution is 5.84. The van der Waals surface area contributed by atoms with E-state index in [0.717, 1.165) is 17.0 Å². The largest absolute Gasteiger partial charge is 0.462 e. The summed E-state index contributed by atoms with van der Waals surface area (Å²) in [4.78, 5) is 0. The number of para-hydroxylation sites is 1. The second-order valence-electron chi connectivity index (χ2n) is 3.23. The molecular weight excluding hydrogens is 174 g/mol. The molecule has 1 aromatic carbocycles. The predicted molar refractivity (Wildman–Crippen MR) is 55.4 cm³/mol. The van der Waals surface area contributed by atoms with Crippen LogP contribution in [-0.2, 0) is 0 Å². The maximum atomic E-state index is 5.49. The second-order valence-corrected chi connectivity index (χ2v) is 3.23. The SMILES string of the molecule is C1=CNC2=COc3ccccc3C2=C1. The summed E-state index contributed by atoms with van der Waals surface area (Å²) in [6, 6.07) is 8.03. The lowest BCUT2D eigenvalue weighted by Crippen LogP contribution is -2.14. The molecule has 0 bridgehead atoms. The van der Waals surface area contributed by atoms with Crippen LogP contribution in [0.3, 0.4) is 0 Å². The molecule has 3 rings (SSSR count). The van der Waals surface area contributed by atoms with Gasteiger partial charge in [0.25, 0.3) is 0 Å². The second kappa shape index (κ2) is 2.77. The first-order valence-corrected chi connectivity index (χ1v) is 4.55. The average Bonchev–Trinajstić information content (AvgIpc) is 2.29. The molecule has 0 amide bonds. The fourth-order valence-electron chi connectivity index (χ4n) is 1.70. The molecule has 0 unspecified atom stereocenters. The number of allylic oxidation sites excluding steroid dienone is 3. The van der Waals surface area contributed by atoms with Gasteiger partial charge in [-0.05, 0) is 12.1 Å². The van der Waals surface area contributed by atoms with Crippen LogP contribution in [0.15, 0.2) is 54.6 Å². The van der Waals surface area contributed by atoms with Gasteiger partial charge in [-0.25, -0.2) is 0 Å². The van der Waals surface area contributed by atoms with E-state index >= 15 is 0 Å². The van der Waals surface area contributed by atoms with Crippen molar-refractivity contribution in [3.8, 4) is 5.75 Å². The first-order chi connectivity index (χ1) is 6.95. The first kappa shape index (κ1) is 7.44. The van der Waals surface area contributed by atoms with Gasteiger partial charge in [-0.15, -0.1) is 0 Å². The molecule has 2 aliphatic rings. The van der Waals surface area contributed by atoms with Crippen molar-refractivity contribution in [1.29, 1.82) is 0 Å². The number of hydrogen-bond acceptors (Lipinski definition) is 2. The van der Waals surface area contributed by atoms with Crippen molar-refractivity contribution in [3.63, 3.8) is 0 Å². The lowest BCUT2D eigenvalue weighted by atomic mass is 9.99. The van der Waals surface area contributed by atoms with Crippen LogP contribution in [-0.4, -0.2) is 0 Å². The number of ether oxygens (including phenoxy) is 1. The molecule has 2 nitrogen and oxygen atoms in total. The number of nitrogens with one attached hydrogen (secondary N) is 1. The molecule has 0 aromatic heterocycles. The Morgan fingerprint density at radius 2 is 2.07 bits per heavy atom. The van der Waals surface area contributed by atoms with Gasteiger partial charge in [0, 0.05) is 17.3 Å². The van der Waals surface area contributed by atoms with Crippen LogP contribution >= 0.6 is 0 Å². The average molecular weight is 183 g/mol. The normalized spacial score (nSPS) is 16.9. The maximum Gasteiger partial charge on any atom is 0.134 e. The number of hydrogen-bond donors (Lipinski definition) is 1. The highest BCUT2D eigenvalue weighted by atomic mass is 16.5. The van der Waals surface area contributed by atoms with Crippen molar-refractivity contribution in [2.24, 2.45) is 0 Å². The molecule has 1 aromatic rings. The Kier molecular flexibility index (Phi) is 1.47. The summed E-state index contributed by atoms with van der Waals surface area (Å²) >= 11 is 0. The predicted octanol–water partition coefficient (Wildman–Crippen LogP) is 2.42. The molecule has 68 valence electrons. The zero-order valence-corrected chi connectivity index (χ0v) is 7.53. The zero-order chi connectivity index (χ0) is 9.38. The van der Waals surface area contributed by atoms with Gasteiger partial charge in [0.2, 0.25) is 0 Å². The van der Waals surface area contributed by atoms with E-state index in [9.17, 15) is 0 Å². The van der Waals surface area contributed by atoms with Gasteiger partial charge in [-0.3, -0.25) is 0 Å². The quantitative estimate of drug-likeness (QED) is 0.667. The third-order valence-corrected chi connectivity index (χ3v) is 2.37. The molecule has 2 aliphatic heterocycles. The monoisotopic (exact) mass is 183 g/mol. The van der Waals surface area contributed by atoms with Crippen molar-refractivity contribution in [3.05, 3.63) is 60.1 Å². The fourth-order valence-corrected chi connectivity index (χ4v) is 1.70. The van der Waals surface area contributed by atoms with E-state index in [0.29, 0.717) is 0 Å². The molecule has 1 N–H and O–H groups in total. The minimum atomic E-state index is 0.916. The minimum Gasteiger partial charge on any atom is -0.462 e. The molecule has 0 saturated carbocycles. The molecule has 0 fully saturated rings. The number of benzene rings is 1. The van der Waals surface area contributed by atoms with E-state index in [4.69, 9.17) is 4.74 Å². The molecule has 0 aliphatic carbocycles. The highest BCUT2D eigenvalue weighted by Gasteiger charge is 2.17. The Balaban J connectivity index is 2.22. The summed E-state index contributed by atoms with van der Waals surface area (Å²) in [5.41, 5.74) is 3.35. The standard InChI is InChI=1S/C12H9NO/c1-2-6-12-10(4-1)9-5-3-7-13-11(9)8-14-12/h1-8,13H. The topological polar surface area (TPSA) is 21.3 Å². The van der Waals surface area contributed by atoms with E-state index in [1.54, 1.807) is 6.26 Å². The van der Waals surface area contributed by atoms with E-state index < -0.39 is 0 Å². The van der Waals surface area contributed by atoms with E-state index in [1.165, 1.54) is 5.57 Å². The Labute approximate surface area is 82.2 Å². The Hall–Kier alpha value is -1.96. The van der Waals surface area contributed by atoms with Crippen LogP contribution in [0.4, 0.5) is 0 Å². The Morgan fingerprint density at radius 1 is 1.14 bits per heavy atom. The maximum absolute atomic E-state index is 5.49. The van der Waals surface area contributed by atoms with Crippen molar-refractivity contribution in [2.45, 2.75) is 0 Å². The number of dihydropyridines is 1. The van der Waals surface area contributed by atoms with E-state index in [2.05, 4.69) is 17.5 Å². The van der Waals surface area contributed by atoms with Crippen molar-refractivity contribution < 1.29 is 4.74 Å². The molecule has 2 heterocycles. The van der Waals surface area contributed by atoms with Crippen LogP contribution < -0.4 is 10.1 Å². The summed E-state index contributed by atoms with van der Waals surface area (Å²) < 4.78 is 5.49. The smallest absolute Gasteiger partial charge is 0.134 e. The zero-order valence-electron chi connectivity index (χ0n) is 7.53. The summed E-state index contributed by atoms with van der Waals surface area (Å²) in [6.07, 6.45) is 7.72. The lowest BCUT2D eigenvalue weighted by molar-refractivity contribution is 0.467. The van der Waals surface area contributed by atoms with Crippen molar-refractivity contribution in [2.75, 3.05) is 0 Å². The molecule has 0 spiro atoms. The van der Waals surface area contributed by atoms with Gasteiger partial charge in [-0.1, -0.05) is 24.3 Å². The Bertz CT molecular complexity index is 469. The molecule has 0 radical (unpaired) electrons. The van der Waals surface area contributed by atoms with E-state index in [1.807, 2.05) is 30.5 Å². The van der Waals surface area contributed by atoms with Crippen molar-refractivity contribution >= 4 is 5.57 Å². The van der Waals surface area contributed by atoms with Crippen molar-refractivity contribution in [1.82, 2.24) is 5.32 Å². The number of fused-ring (bicyclic) bond motifs is 3. The van der Waals surface area contributed by atoms with Crippen LogP contribution in [0, 0.1) is 0 Å². The molecule has 14 heavy (non-hydrogen) atoms. The summed E-state index contributed by atoms with van der Waals surface area (Å²) in [5, 5.41) is 3.15. The fraction of sp³-hybridized carbons (Fsp3) is 0. The lowest BCUT2D eigenvalue weighted by Gasteiger charge is -2.21. The summed E-state index contributed by atoms with van der Waals surface area (Å²) in [7, 11) is 0. The molecule has 0 atom stereocenters. The molecule has 2 heteroatoms. The van der Waals surface area contributed by atoms with Gasteiger partial charge in [-0.2, -0.15) is 0 Å². The van der Waals surface area contributed by atoms with Crippen LogP contribution in [0.2, 0.25) is 0 Å². The van der Waals surface area contributed by atoms with Gasteiger partial charge in [0.15, 0.2) is 0 Å².